The van der Waals surface area contributed by atoms with Crippen molar-refractivity contribution in [1.82, 2.24) is 25.1 Å². The Balaban J connectivity index is 0.000000245. The third-order valence-electron chi connectivity index (χ3n) is 13.9. The van der Waals surface area contributed by atoms with E-state index in [2.05, 4.69) is 16.0 Å². The molecule has 4 aromatic rings. The molecule has 1 saturated heterocycles. The van der Waals surface area contributed by atoms with E-state index in [1.165, 1.54) is 36.4 Å². The van der Waals surface area contributed by atoms with Crippen LogP contribution in [0.15, 0.2) is 47.3 Å². The lowest BCUT2D eigenvalue weighted by Crippen LogP contribution is -2.51. The molecule has 1 fully saturated rings. The van der Waals surface area contributed by atoms with Crippen molar-refractivity contribution in [2.45, 2.75) is 143 Å². The predicted octanol–water partition coefficient (Wildman–Crippen LogP) is 3.77. The molecule has 0 saturated carbocycles. The summed E-state index contributed by atoms with van der Waals surface area (Å²) in [5.74, 6) is -4.97. The van der Waals surface area contributed by atoms with E-state index < -0.39 is 67.0 Å². The molecule has 2 aromatic heterocycles. The Kier molecular flexibility index (Phi) is 19.0. The van der Waals surface area contributed by atoms with Gasteiger partial charge in [0.15, 0.2) is 12.2 Å². The smallest absolute Gasteiger partial charge is 0.404 e. The number of carboxylic acids is 1. The molecule has 4 aliphatic heterocycles. The molecule has 5 aliphatic rings. The van der Waals surface area contributed by atoms with Gasteiger partial charge in [0.1, 0.15) is 30.8 Å². The molecule has 422 valence electrons. The number of aliphatic carboxylic acids is 1. The summed E-state index contributed by atoms with van der Waals surface area (Å²) in [6.07, 6.45) is 0.509. The molecular weight excluding hydrogens is 1030 g/mol. The number of aromatic nitrogens is 2. The van der Waals surface area contributed by atoms with E-state index in [9.17, 15) is 62.9 Å². The number of amides is 6. The molecule has 2 aromatic carbocycles. The van der Waals surface area contributed by atoms with Crippen LogP contribution in [0.4, 0.5) is 14.9 Å². The van der Waals surface area contributed by atoms with Crippen molar-refractivity contribution in [3.8, 4) is 17.1 Å². The Labute approximate surface area is 452 Å². The molecule has 79 heavy (non-hydrogen) atoms. The number of nitrogens with two attached hydrogens (primary N) is 1. The zero-order chi connectivity index (χ0) is 57.4. The highest BCUT2D eigenvalue weighted by Crippen LogP contribution is 2.42. The van der Waals surface area contributed by atoms with E-state index in [1.54, 1.807) is 31.4 Å². The molecule has 1 aliphatic carbocycles. The van der Waals surface area contributed by atoms with E-state index in [4.69, 9.17) is 29.7 Å². The molecular formula is C55H64FN7O16. The van der Waals surface area contributed by atoms with E-state index in [1.807, 2.05) is 13.8 Å². The number of cyclic esters (lactones) is 1. The normalized spacial score (nSPS) is 18.9. The van der Waals surface area contributed by atoms with Gasteiger partial charge in [-0.25, -0.2) is 23.8 Å². The van der Waals surface area contributed by atoms with Gasteiger partial charge in [-0.3, -0.25) is 33.7 Å². The van der Waals surface area contributed by atoms with Gasteiger partial charge in [-0.2, -0.15) is 0 Å². The van der Waals surface area contributed by atoms with Crippen molar-refractivity contribution in [3.63, 3.8) is 0 Å². The van der Waals surface area contributed by atoms with Gasteiger partial charge in [-0.05, 0) is 85.4 Å². The predicted molar refractivity (Wildman–Crippen MR) is 279 cm³/mol. The summed E-state index contributed by atoms with van der Waals surface area (Å²) in [6, 6.07) is 6.54. The number of fused-ring (bicyclic) bond motifs is 5. The van der Waals surface area contributed by atoms with Crippen LogP contribution in [0.1, 0.15) is 118 Å². The number of nitrogens with one attached hydrogen (secondary N) is 3. The van der Waals surface area contributed by atoms with Gasteiger partial charge < -0.3 is 60.5 Å². The fraction of sp³-hybridized carbons (Fsp3) is 0.455. The summed E-state index contributed by atoms with van der Waals surface area (Å²) in [5, 5.41) is 38.4. The van der Waals surface area contributed by atoms with Gasteiger partial charge >= 0.3 is 18.0 Å². The number of primary amides is 1. The number of hydrogen-bond donors (Lipinski definition) is 7. The number of nitrogens with zero attached hydrogens (tertiary/aromatic N) is 3. The monoisotopic (exact) mass is 1100 g/mol. The SMILES string of the molecule is CC.CC(C)C(NC(=O)CCCCCN1C(=O)C=CC1=O)C(=O)NCC(=O)Nc1ccc(COC(N)=O)cc1OC1CC(O)CC(C(=O)O)O1.Cc1c(F)cc2nc3c(c4c2c1CCC4)Cn1c-3cc2c(c1=O)COC(=O)C2O. The lowest BCUT2D eigenvalue weighted by Gasteiger charge is -2.31. The quantitative estimate of drug-likeness (QED) is 0.0396. The number of halogens is 1. The van der Waals surface area contributed by atoms with Gasteiger partial charge in [0, 0.05) is 60.5 Å². The average Bonchev–Trinajstić information content (AvgIpc) is 4.17. The van der Waals surface area contributed by atoms with Crippen LogP contribution in [0.25, 0.3) is 22.3 Å². The number of hydrogen-bond acceptors (Lipinski definition) is 16. The van der Waals surface area contributed by atoms with Crippen molar-refractivity contribution in [1.29, 1.82) is 0 Å². The van der Waals surface area contributed by atoms with Crippen LogP contribution in [0.2, 0.25) is 0 Å². The fourth-order valence-corrected chi connectivity index (χ4v) is 9.95. The van der Waals surface area contributed by atoms with E-state index in [-0.39, 0.29) is 91.0 Å². The van der Waals surface area contributed by atoms with Crippen molar-refractivity contribution in [2.24, 2.45) is 11.7 Å². The molecule has 8 N–H and O–H groups in total. The minimum absolute atomic E-state index is 0.00565. The van der Waals surface area contributed by atoms with Crippen LogP contribution in [0.5, 0.6) is 5.75 Å². The summed E-state index contributed by atoms with van der Waals surface area (Å²) >= 11 is 0. The fourth-order valence-electron chi connectivity index (χ4n) is 9.95. The van der Waals surface area contributed by atoms with Crippen LogP contribution in [0.3, 0.4) is 0 Å². The number of ether oxygens (including phenoxy) is 4. The molecule has 24 heteroatoms. The van der Waals surface area contributed by atoms with Gasteiger partial charge in [0.2, 0.25) is 24.0 Å². The number of esters is 1. The number of aliphatic hydroxyl groups excluding tert-OH is 2. The molecule has 0 spiro atoms. The first-order valence-corrected chi connectivity index (χ1v) is 26.1. The van der Waals surface area contributed by atoms with Crippen molar-refractivity contribution in [3.05, 3.63) is 97.6 Å². The minimum Gasteiger partial charge on any atom is -0.479 e. The lowest BCUT2D eigenvalue weighted by molar-refractivity contribution is -0.195. The molecule has 0 radical (unpaired) electrons. The highest BCUT2D eigenvalue weighted by atomic mass is 19.1. The molecule has 9 rings (SSSR count). The van der Waals surface area contributed by atoms with Crippen LogP contribution in [0, 0.1) is 18.7 Å². The Hall–Kier alpha value is -8.09. The Morgan fingerprint density at radius 2 is 1.65 bits per heavy atom. The number of imide groups is 1. The number of aliphatic hydroxyl groups is 2. The number of carbonyl (C=O) groups is 8. The second-order valence-corrected chi connectivity index (χ2v) is 19.6. The highest BCUT2D eigenvalue weighted by Gasteiger charge is 2.37. The maximum atomic E-state index is 14.5. The largest absolute Gasteiger partial charge is 0.479 e. The number of unbranched alkanes of at least 4 members (excludes halogenated alkanes) is 2. The van der Waals surface area contributed by atoms with Crippen molar-refractivity contribution < 1.29 is 77.0 Å². The molecule has 5 unspecified atom stereocenters. The Morgan fingerprint density at radius 1 is 0.924 bits per heavy atom. The number of pyridine rings is 2. The number of aryl methyl sites for hydroxylation is 2. The van der Waals surface area contributed by atoms with Gasteiger partial charge in [0.05, 0.1) is 47.3 Å². The number of anilines is 1. The van der Waals surface area contributed by atoms with Crippen LogP contribution in [-0.2, 0) is 80.4 Å². The van der Waals surface area contributed by atoms with Gasteiger partial charge in [0.25, 0.3) is 17.4 Å². The number of carboxylic acid groups (broad SMARTS) is 1. The average molecular weight is 1100 g/mol. The second-order valence-electron chi connectivity index (χ2n) is 19.6. The highest BCUT2D eigenvalue weighted by molar-refractivity contribution is 6.12. The van der Waals surface area contributed by atoms with E-state index >= 15 is 0 Å². The number of benzene rings is 2. The maximum Gasteiger partial charge on any atom is 0.404 e. The Morgan fingerprint density at radius 3 is 2.34 bits per heavy atom. The molecule has 5 atom stereocenters. The summed E-state index contributed by atoms with van der Waals surface area (Å²) in [6.45, 7) is 9.05. The number of carbonyl (C=O) groups excluding carboxylic acids is 7. The minimum atomic E-state index is -1.48. The zero-order valence-electron chi connectivity index (χ0n) is 44.4. The zero-order valence-corrected chi connectivity index (χ0v) is 44.4. The summed E-state index contributed by atoms with van der Waals surface area (Å²) in [5.41, 5.74) is 11.4. The molecule has 23 nitrogen and oxygen atoms in total. The van der Waals surface area contributed by atoms with E-state index in [0.29, 0.717) is 59.4 Å². The third-order valence-corrected chi connectivity index (χ3v) is 13.9. The summed E-state index contributed by atoms with van der Waals surface area (Å²) < 4.78 is 37.1. The maximum absolute atomic E-state index is 14.5. The van der Waals surface area contributed by atoms with Crippen molar-refractivity contribution in [2.75, 3.05) is 18.4 Å². The summed E-state index contributed by atoms with van der Waals surface area (Å²) in [4.78, 5) is 115. The van der Waals surface area contributed by atoms with Crippen LogP contribution < -0.4 is 32.0 Å². The van der Waals surface area contributed by atoms with Crippen LogP contribution in [-0.4, -0.2) is 115 Å². The molecule has 6 heterocycles. The Bertz CT molecular complexity index is 3160. The summed E-state index contributed by atoms with van der Waals surface area (Å²) in [7, 11) is 0. The first-order valence-electron chi connectivity index (χ1n) is 26.1. The molecule has 6 amide bonds. The van der Waals surface area contributed by atoms with Crippen molar-refractivity contribution >= 4 is 64.2 Å². The third kappa shape index (κ3) is 13.4. The first-order chi connectivity index (χ1) is 37.7. The molecule has 0 bridgehead atoms. The number of rotatable bonds is 17. The topological polar surface area (TPSA) is 334 Å². The van der Waals surface area contributed by atoms with Crippen LogP contribution >= 0.6 is 0 Å². The van der Waals surface area contributed by atoms with Gasteiger partial charge in [-0.1, -0.05) is 40.2 Å². The van der Waals surface area contributed by atoms with Gasteiger partial charge in [-0.15, -0.1) is 0 Å². The second kappa shape index (κ2) is 25.6. The standard InChI is InChI=1S/C31H41N5O12.C22H17FN2O4.C2H6/c1-17(2)28(35-23(38)6-4-3-5-11-36-25(40)9-10-26(36)41)29(42)33-15-24(39)34-20-8-7-18(16-46-31(32)45)12-21(20)47-27-14-19(37)13-22(48-27)30(43)44;1-9-10-3-2-4-11-13-7-25-17(19(13)24-16(18(10)11)6-15(9)23)5-12-14(21(25)27)8-29-22(28)20(12)26;1-2/h7-10,12,17,19,22,27-28,37H,3-6,11,13-16H2,1-2H3,(H2,32,45)(H,33,42)(H,34,39)(H,35,38)(H,43,44);5-6,20,26H,2-4,7-8H2,1H3;1-2H3. The lowest BCUT2D eigenvalue weighted by atomic mass is 9.85. The first kappa shape index (κ1) is 58.6. The van der Waals surface area contributed by atoms with E-state index in [0.717, 1.165) is 46.2 Å².